The average Bonchev–Trinajstić information content (AvgIpc) is 2.34. The predicted octanol–water partition coefficient (Wildman–Crippen LogP) is 3.62. The van der Waals surface area contributed by atoms with Crippen LogP contribution < -0.4 is 0 Å². The van der Waals surface area contributed by atoms with E-state index < -0.39 is 6.10 Å². The van der Waals surface area contributed by atoms with Crippen LogP contribution in [0, 0.1) is 11.2 Å². The van der Waals surface area contributed by atoms with Crippen LogP contribution in [-0.4, -0.2) is 29.6 Å². The molecule has 0 bridgehead atoms. The topological polar surface area (TPSA) is 23.5 Å². The molecule has 1 rings (SSSR count). The highest BCUT2D eigenvalue weighted by Gasteiger charge is 2.24. The highest BCUT2D eigenvalue weighted by molar-refractivity contribution is 5.18. The molecule has 0 amide bonds. The quantitative estimate of drug-likeness (QED) is 0.881. The summed E-state index contributed by atoms with van der Waals surface area (Å²) in [5.41, 5.74) is 0.994. The largest absolute Gasteiger partial charge is 0.388 e. The Morgan fingerprint density at radius 2 is 1.74 bits per heavy atom. The predicted molar refractivity (Wildman–Crippen MR) is 77.5 cm³/mol. The van der Waals surface area contributed by atoms with Gasteiger partial charge in [0.25, 0.3) is 0 Å². The summed E-state index contributed by atoms with van der Waals surface area (Å²) in [6, 6.07) is 6.51. The van der Waals surface area contributed by atoms with Gasteiger partial charge >= 0.3 is 0 Å². The van der Waals surface area contributed by atoms with Gasteiger partial charge in [0, 0.05) is 12.6 Å². The van der Waals surface area contributed by atoms with E-state index in [0.29, 0.717) is 12.5 Å². The minimum Gasteiger partial charge on any atom is -0.388 e. The lowest BCUT2D eigenvalue weighted by Crippen LogP contribution is -2.40. The van der Waals surface area contributed by atoms with Gasteiger partial charge in [0.15, 0.2) is 0 Å². The zero-order valence-electron chi connectivity index (χ0n) is 12.7. The summed E-state index contributed by atoms with van der Waals surface area (Å²) in [5, 5.41) is 10.1. The lowest BCUT2D eigenvalue weighted by Gasteiger charge is -2.35. The van der Waals surface area contributed by atoms with Gasteiger partial charge in [-0.1, -0.05) is 32.9 Å². The summed E-state index contributed by atoms with van der Waals surface area (Å²) in [4.78, 5) is 2.26. The third-order valence-corrected chi connectivity index (χ3v) is 3.92. The molecule has 0 aliphatic heterocycles. The highest BCUT2D eigenvalue weighted by Crippen LogP contribution is 2.24. The lowest BCUT2D eigenvalue weighted by atomic mass is 9.87. The molecule has 0 spiro atoms. The van der Waals surface area contributed by atoms with Gasteiger partial charge in [0.05, 0.1) is 6.10 Å². The summed E-state index contributed by atoms with van der Waals surface area (Å²) in [5.74, 6) is -0.269. The number of hydrogen-bond acceptors (Lipinski definition) is 2. The van der Waals surface area contributed by atoms with E-state index in [2.05, 4.69) is 39.6 Å². The van der Waals surface area contributed by atoms with E-state index in [-0.39, 0.29) is 11.2 Å². The maximum atomic E-state index is 12.8. The SMILES string of the molecule is CC(N(C)CCC(O)c1ccc(F)cc1)C(C)(C)C. The summed E-state index contributed by atoms with van der Waals surface area (Å²) in [6.07, 6.45) is 0.123. The second-order valence-corrected chi connectivity index (χ2v) is 6.38. The van der Waals surface area contributed by atoms with E-state index in [4.69, 9.17) is 0 Å². The van der Waals surface area contributed by atoms with Crippen LogP contribution in [0.25, 0.3) is 0 Å². The van der Waals surface area contributed by atoms with Gasteiger partial charge in [-0.15, -0.1) is 0 Å². The van der Waals surface area contributed by atoms with Crippen molar-refractivity contribution < 1.29 is 9.50 Å². The van der Waals surface area contributed by atoms with Crippen LogP contribution in [0.2, 0.25) is 0 Å². The molecule has 0 saturated heterocycles. The number of nitrogens with zero attached hydrogens (tertiary/aromatic N) is 1. The van der Waals surface area contributed by atoms with Crippen LogP contribution in [0.3, 0.4) is 0 Å². The fraction of sp³-hybridized carbons (Fsp3) is 0.625. The number of halogens is 1. The van der Waals surface area contributed by atoms with Gasteiger partial charge in [0.2, 0.25) is 0 Å². The molecule has 2 atom stereocenters. The van der Waals surface area contributed by atoms with Gasteiger partial charge in [-0.3, -0.25) is 0 Å². The lowest BCUT2D eigenvalue weighted by molar-refractivity contribution is 0.104. The van der Waals surface area contributed by atoms with Gasteiger partial charge in [0.1, 0.15) is 5.82 Å². The zero-order chi connectivity index (χ0) is 14.6. The number of hydrogen-bond donors (Lipinski definition) is 1. The number of aliphatic hydroxyl groups excluding tert-OH is 1. The Hall–Kier alpha value is -0.930. The molecular formula is C16H26FNO. The number of rotatable bonds is 5. The van der Waals surface area contributed by atoms with Gasteiger partial charge in [-0.25, -0.2) is 4.39 Å². The molecule has 1 aromatic rings. The molecule has 0 fully saturated rings. The summed E-state index contributed by atoms with van der Waals surface area (Å²) in [6.45, 7) is 9.65. The summed E-state index contributed by atoms with van der Waals surface area (Å²) >= 11 is 0. The van der Waals surface area contributed by atoms with Crippen LogP contribution in [0.4, 0.5) is 4.39 Å². The summed E-state index contributed by atoms with van der Waals surface area (Å²) in [7, 11) is 2.08. The smallest absolute Gasteiger partial charge is 0.123 e. The van der Waals surface area contributed by atoms with E-state index in [1.54, 1.807) is 12.1 Å². The Balaban J connectivity index is 2.50. The van der Waals surface area contributed by atoms with E-state index in [9.17, 15) is 9.50 Å². The fourth-order valence-corrected chi connectivity index (χ4v) is 2.03. The average molecular weight is 267 g/mol. The Morgan fingerprint density at radius 1 is 1.21 bits per heavy atom. The molecule has 0 saturated carbocycles. The van der Waals surface area contributed by atoms with Crippen molar-refractivity contribution in [2.75, 3.05) is 13.6 Å². The maximum Gasteiger partial charge on any atom is 0.123 e. The van der Waals surface area contributed by atoms with Crippen molar-refractivity contribution in [3.63, 3.8) is 0 Å². The molecule has 3 heteroatoms. The molecular weight excluding hydrogens is 241 g/mol. The van der Waals surface area contributed by atoms with Crippen LogP contribution in [-0.2, 0) is 0 Å². The first kappa shape index (κ1) is 16.1. The zero-order valence-corrected chi connectivity index (χ0v) is 12.7. The van der Waals surface area contributed by atoms with E-state index in [0.717, 1.165) is 12.1 Å². The molecule has 1 aromatic carbocycles. The Morgan fingerprint density at radius 3 is 2.21 bits per heavy atom. The molecule has 0 aliphatic carbocycles. The summed E-state index contributed by atoms with van der Waals surface area (Å²) < 4.78 is 12.8. The van der Waals surface area contributed by atoms with Crippen molar-refractivity contribution in [3.05, 3.63) is 35.6 Å². The second kappa shape index (κ2) is 6.49. The standard InChI is InChI=1S/C16H26FNO/c1-12(16(2,3)4)18(5)11-10-15(19)13-6-8-14(17)9-7-13/h6-9,12,15,19H,10-11H2,1-5H3. The maximum absolute atomic E-state index is 12.8. The molecule has 19 heavy (non-hydrogen) atoms. The molecule has 0 radical (unpaired) electrons. The molecule has 0 heterocycles. The van der Waals surface area contributed by atoms with E-state index >= 15 is 0 Å². The van der Waals surface area contributed by atoms with Gasteiger partial charge in [-0.2, -0.15) is 0 Å². The van der Waals surface area contributed by atoms with E-state index in [1.165, 1.54) is 12.1 Å². The second-order valence-electron chi connectivity index (χ2n) is 6.38. The third-order valence-electron chi connectivity index (χ3n) is 3.92. The van der Waals surface area contributed by atoms with E-state index in [1.807, 2.05) is 0 Å². The minimum absolute atomic E-state index is 0.218. The van der Waals surface area contributed by atoms with Crippen molar-refractivity contribution in [1.29, 1.82) is 0 Å². The minimum atomic E-state index is -0.532. The first-order chi connectivity index (χ1) is 8.71. The normalized spacial score (nSPS) is 15.6. The van der Waals surface area contributed by atoms with Crippen molar-refractivity contribution in [3.8, 4) is 0 Å². The van der Waals surface area contributed by atoms with Crippen molar-refractivity contribution in [2.24, 2.45) is 5.41 Å². The van der Waals surface area contributed by atoms with Crippen molar-refractivity contribution in [1.82, 2.24) is 4.90 Å². The first-order valence-corrected chi connectivity index (χ1v) is 6.85. The van der Waals surface area contributed by atoms with Crippen LogP contribution >= 0.6 is 0 Å². The van der Waals surface area contributed by atoms with Crippen LogP contribution in [0.5, 0.6) is 0 Å². The highest BCUT2D eigenvalue weighted by atomic mass is 19.1. The Labute approximate surface area is 116 Å². The van der Waals surface area contributed by atoms with Crippen molar-refractivity contribution >= 4 is 0 Å². The van der Waals surface area contributed by atoms with Crippen LogP contribution in [0.1, 0.15) is 45.8 Å². The molecule has 0 aromatic heterocycles. The monoisotopic (exact) mass is 267 g/mol. The number of aliphatic hydroxyl groups is 1. The molecule has 1 N–H and O–H groups in total. The fourth-order valence-electron chi connectivity index (χ4n) is 2.03. The molecule has 108 valence electrons. The number of benzene rings is 1. The molecule has 0 aliphatic rings. The first-order valence-electron chi connectivity index (χ1n) is 6.85. The van der Waals surface area contributed by atoms with Crippen molar-refractivity contribution in [2.45, 2.75) is 46.3 Å². The Kier molecular flexibility index (Phi) is 5.50. The molecule has 2 unspecified atom stereocenters. The third kappa shape index (κ3) is 4.92. The van der Waals surface area contributed by atoms with Gasteiger partial charge in [-0.05, 0) is 43.5 Å². The van der Waals surface area contributed by atoms with Crippen LogP contribution in [0.15, 0.2) is 24.3 Å². The molecule has 2 nitrogen and oxygen atoms in total. The van der Waals surface area contributed by atoms with Gasteiger partial charge < -0.3 is 10.0 Å². The Bertz CT molecular complexity index is 383.